The highest BCUT2D eigenvalue weighted by Crippen LogP contribution is 2.32. The van der Waals surface area contributed by atoms with Crippen LogP contribution in [0.4, 0.5) is 17.6 Å². The van der Waals surface area contributed by atoms with Crippen molar-refractivity contribution in [3.63, 3.8) is 0 Å². The van der Waals surface area contributed by atoms with Crippen LogP contribution in [0, 0.1) is 5.82 Å². The van der Waals surface area contributed by atoms with Gasteiger partial charge in [-0.1, -0.05) is 30.3 Å². The summed E-state index contributed by atoms with van der Waals surface area (Å²) in [4.78, 5) is 1.46. The van der Waals surface area contributed by atoms with Crippen LogP contribution < -0.4 is 4.72 Å². The monoisotopic (exact) mass is 432 g/mol. The Hall–Kier alpha value is -2.01. The van der Waals surface area contributed by atoms with E-state index in [-0.39, 0.29) is 6.54 Å². The first-order valence-electron chi connectivity index (χ1n) is 8.89. The molecule has 2 aromatic carbocycles. The van der Waals surface area contributed by atoms with E-state index in [0.29, 0.717) is 38.4 Å². The average Bonchev–Trinajstić information content (AvgIpc) is 2.67. The molecule has 3 rings (SSSR count). The average molecular weight is 432 g/mol. The normalized spacial score (nSPS) is 18.7. The number of halogens is 4. The molecule has 1 aliphatic rings. The Balaban J connectivity index is 1.63. The first-order valence-corrected chi connectivity index (χ1v) is 10.4. The van der Waals surface area contributed by atoms with E-state index in [1.807, 2.05) is 30.3 Å². The first-order chi connectivity index (χ1) is 13.6. The highest BCUT2D eigenvalue weighted by Gasteiger charge is 2.35. The molecule has 1 aliphatic heterocycles. The Bertz CT molecular complexity index is 936. The molecule has 5 nitrogen and oxygen atoms in total. The summed E-state index contributed by atoms with van der Waals surface area (Å²) in [6.45, 7) is 2.14. The zero-order valence-electron chi connectivity index (χ0n) is 15.3. The van der Waals surface area contributed by atoms with Crippen molar-refractivity contribution < 1.29 is 30.7 Å². The van der Waals surface area contributed by atoms with E-state index in [4.69, 9.17) is 4.74 Å². The largest absolute Gasteiger partial charge is 0.419 e. The lowest BCUT2D eigenvalue weighted by Gasteiger charge is -2.33. The molecule has 1 saturated heterocycles. The molecule has 1 atom stereocenters. The molecule has 0 aromatic heterocycles. The predicted molar refractivity (Wildman–Crippen MR) is 98.0 cm³/mol. The Kier molecular flexibility index (Phi) is 6.57. The second kappa shape index (κ2) is 8.78. The molecule has 0 aliphatic carbocycles. The summed E-state index contributed by atoms with van der Waals surface area (Å²) >= 11 is 0. The van der Waals surface area contributed by atoms with Gasteiger partial charge in [0.2, 0.25) is 10.0 Å². The number of ether oxygens (including phenoxy) is 1. The quantitative estimate of drug-likeness (QED) is 0.713. The third-order valence-corrected chi connectivity index (χ3v) is 5.95. The van der Waals surface area contributed by atoms with Crippen LogP contribution in [-0.4, -0.2) is 45.7 Å². The molecule has 0 bridgehead atoms. The van der Waals surface area contributed by atoms with Crippen molar-refractivity contribution in [2.45, 2.75) is 23.7 Å². The summed E-state index contributed by atoms with van der Waals surface area (Å²) in [5.74, 6) is -1.52. The standard InChI is InChI=1S/C19H20F4N2O3S/c20-18-7-6-16(10-17(18)19(21,22)23)29(26,27)24-11-15-13-25(8-9-28-15)12-14-4-2-1-3-5-14/h1-7,10,15,24H,8-9,11-13H2. The highest BCUT2D eigenvalue weighted by atomic mass is 32.2. The molecule has 29 heavy (non-hydrogen) atoms. The predicted octanol–water partition coefficient (Wildman–Crippen LogP) is 3.02. The van der Waals surface area contributed by atoms with E-state index in [9.17, 15) is 26.0 Å². The number of sulfonamides is 1. The summed E-state index contributed by atoms with van der Waals surface area (Å²) in [5.41, 5.74) is -0.511. The van der Waals surface area contributed by atoms with Crippen molar-refractivity contribution in [1.82, 2.24) is 9.62 Å². The molecule has 1 N–H and O–H groups in total. The first kappa shape index (κ1) is 21.7. The maximum atomic E-state index is 13.4. The summed E-state index contributed by atoms with van der Waals surface area (Å²) in [6.07, 6.45) is -5.44. The zero-order valence-corrected chi connectivity index (χ0v) is 16.1. The molecule has 0 saturated carbocycles. The van der Waals surface area contributed by atoms with E-state index in [2.05, 4.69) is 9.62 Å². The van der Waals surface area contributed by atoms with E-state index < -0.39 is 38.6 Å². The number of benzene rings is 2. The van der Waals surface area contributed by atoms with Gasteiger partial charge in [0, 0.05) is 26.2 Å². The van der Waals surface area contributed by atoms with Gasteiger partial charge < -0.3 is 4.74 Å². The van der Waals surface area contributed by atoms with Crippen LogP contribution in [0.5, 0.6) is 0 Å². The van der Waals surface area contributed by atoms with Gasteiger partial charge in [0.1, 0.15) is 5.82 Å². The smallest absolute Gasteiger partial charge is 0.374 e. The molecule has 0 amide bonds. The molecule has 0 radical (unpaired) electrons. The van der Waals surface area contributed by atoms with Crippen LogP contribution in [0.25, 0.3) is 0 Å². The number of rotatable bonds is 6. The second-order valence-corrected chi connectivity index (χ2v) is 8.47. The second-order valence-electron chi connectivity index (χ2n) is 6.70. The van der Waals surface area contributed by atoms with Gasteiger partial charge in [-0.25, -0.2) is 17.5 Å². The van der Waals surface area contributed by atoms with Crippen molar-refractivity contribution in [3.05, 3.63) is 65.5 Å². The van der Waals surface area contributed by atoms with Crippen molar-refractivity contribution in [2.24, 2.45) is 0 Å². The number of nitrogens with one attached hydrogen (secondary N) is 1. The minimum Gasteiger partial charge on any atom is -0.374 e. The summed E-state index contributed by atoms with van der Waals surface area (Å²) in [5, 5.41) is 0. The van der Waals surface area contributed by atoms with E-state index in [0.717, 1.165) is 11.6 Å². The van der Waals surface area contributed by atoms with Crippen LogP contribution in [-0.2, 0) is 27.5 Å². The SMILES string of the molecule is O=S(=O)(NCC1CN(Cc2ccccc2)CCO1)c1ccc(F)c(C(F)(F)F)c1. The fourth-order valence-corrected chi connectivity index (χ4v) is 4.16. The Morgan fingerprint density at radius 3 is 2.55 bits per heavy atom. The van der Waals surface area contributed by atoms with E-state index in [1.165, 1.54) is 0 Å². The number of hydrogen-bond donors (Lipinski definition) is 1. The minimum atomic E-state index is -4.99. The van der Waals surface area contributed by atoms with Crippen LogP contribution in [0.15, 0.2) is 53.4 Å². The summed E-state index contributed by atoms with van der Waals surface area (Å²) in [7, 11) is -4.25. The van der Waals surface area contributed by atoms with Gasteiger partial charge in [-0.05, 0) is 23.8 Å². The Morgan fingerprint density at radius 1 is 1.14 bits per heavy atom. The number of nitrogens with zero attached hydrogens (tertiary/aromatic N) is 1. The van der Waals surface area contributed by atoms with Gasteiger partial charge in [0.15, 0.2) is 0 Å². The number of alkyl halides is 3. The molecule has 2 aromatic rings. The third-order valence-electron chi connectivity index (χ3n) is 4.53. The topological polar surface area (TPSA) is 58.6 Å². The van der Waals surface area contributed by atoms with Crippen LogP contribution in [0.3, 0.4) is 0 Å². The van der Waals surface area contributed by atoms with Gasteiger partial charge in [-0.3, -0.25) is 4.90 Å². The lowest BCUT2D eigenvalue weighted by molar-refractivity contribution is -0.140. The number of morpholine rings is 1. The van der Waals surface area contributed by atoms with Gasteiger partial charge in [-0.2, -0.15) is 13.2 Å². The zero-order chi connectivity index (χ0) is 21.1. The summed E-state index contributed by atoms with van der Waals surface area (Å²) in [6, 6.07) is 11.3. The van der Waals surface area contributed by atoms with E-state index >= 15 is 0 Å². The van der Waals surface area contributed by atoms with Crippen LogP contribution in [0.2, 0.25) is 0 Å². The van der Waals surface area contributed by atoms with Gasteiger partial charge >= 0.3 is 6.18 Å². The van der Waals surface area contributed by atoms with Crippen molar-refractivity contribution in [3.8, 4) is 0 Å². The Morgan fingerprint density at radius 2 is 1.86 bits per heavy atom. The molecular weight excluding hydrogens is 412 g/mol. The fraction of sp³-hybridized carbons (Fsp3) is 0.368. The maximum Gasteiger partial charge on any atom is 0.419 e. The van der Waals surface area contributed by atoms with Crippen molar-refractivity contribution >= 4 is 10.0 Å². The molecule has 10 heteroatoms. The van der Waals surface area contributed by atoms with Crippen molar-refractivity contribution in [2.75, 3.05) is 26.2 Å². The molecule has 1 heterocycles. The molecule has 0 spiro atoms. The molecular formula is C19H20F4N2O3S. The van der Waals surface area contributed by atoms with Gasteiger partial charge in [0.25, 0.3) is 0 Å². The van der Waals surface area contributed by atoms with E-state index in [1.54, 1.807) is 0 Å². The fourth-order valence-electron chi connectivity index (χ4n) is 3.06. The van der Waals surface area contributed by atoms with Gasteiger partial charge in [0.05, 0.1) is 23.2 Å². The number of hydrogen-bond acceptors (Lipinski definition) is 4. The third kappa shape index (κ3) is 5.75. The maximum absolute atomic E-state index is 13.4. The minimum absolute atomic E-state index is 0.105. The van der Waals surface area contributed by atoms with Crippen molar-refractivity contribution in [1.29, 1.82) is 0 Å². The van der Waals surface area contributed by atoms with Crippen LogP contribution in [0.1, 0.15) is 11.1 Å². The van der Waals surface area contributed by atoms with Gasteiger partial charge in [-0.15, -0.1) is 0 Å². The lowest BCUT2D eigenvalue weighted by Crippen LogP contribution is -2.47. The lowest BCUT2D eigenvalue weighted by atomic mass is 10.2. The molecule has 158 valence electrons. The Labute approximate surface area is 166 Å². The summed E-state index contributed by atoms with van der Waals surface area (Å²) < 4.78 is 84.5. The molecule has 1 unspecified atom stereocenters. The highest BCUT2D eigenvalue weighted by molar-refractivity contribution is 7.89. The van der Waals surface area contributed by atoms with Crippen LogP contribution >= 0.6 is 0 Å². The molecule has 1 fully saturated rings.